The van der Waals surface area contributed by atoms with Gasteiger partial charge in [-0.15, -0.1) is 0 Å². The van der Waals surface area contributed by atoms with Crippen molar-refractivity contribution in [3.05, 3.63) is 66.7 Å². The molecule has 1 aliphatic rings. The smallest absolute Gasteiger partial charge is 0.336 e. The number of allylic oxidation sites excluding steroid dienone is 1. The summed E-state index contributed by atoms with van der Waals surface area (Å²) in [6, 6.07) is 8.37. The lowest BCUT2D eigenvalue weighted by molar-refractivity contribution is -0.132. The maximum absolute atomic E-state index is 11.7. The van der Waals surface area contributed by atoms with Gasteiger partial charge in [-0.25, -0.2) is 4.79 Å². The van der Waals surface area contributed by atoms with Crippen LogP contribution in [0.15, 0.2) is 55.6 Å². The summed E-state index contributed by atoms with van der Waals surface area (Å²) in [6.45, 7) is 0. The van der Waals surface area contributed by atoms with Crippen LogP contribution in [0.2, 0.25) is 0 Å². The van der Waals surface area contributed by atoms with E-state index in [1.165, 1.54) is 12.1 Å². The highest BCUT2D eigenvalue weighted by atomic mass is 79.9. The highest BCUT2D eigenvalue weighted by molar-refractivity contribution is 9.11. The van der Waals surface area contributed by atoms with E-state index in [0.717, 1.165) is 11.1 Å². The SMILES string of the molecule is O=C1C=C(c2ccc(O)c(Br)c2)C(=Cc2cc(Br)c(O)c(Br)c2)O1. The molecule has 0 aromatic heterocycles. The number of esters is 1. The van der Waals surface area contributed by atoms with Crippen molar-refractivity contribution in [3.8, 4) is 11.5 Å². The summed E-state index contributed by atoms with van der Waals surface area (Å²) in [5, 5.41) is 19.4. The number of cyclic esters (lactones) is 1. The summed E-state index contributed by atoms with van der Waals surface area (Å²) in [7, 11) is 0. The average molecular weight is 517 g/mol. The summed E-state index contributed by atoms with van der Waals surface area (Å²) < 4.78 is 6.83. The zero-order chi connectivity index (χ0) is 17.4. The first-order valence-corrected chi connectivity index (χ1v) is 9.05. The molecule has 0 atom stereocenters. The molecule has 2 aromatic carbocycles. The number of carbonyl (C=O) groups excluding carboxylic acids is 1. The van der Waals surface area contributed by atoms with Gasteiger partial charge in [0.2, 0.25) is 0 Å². The van der Waals surface area contributed by atoms with E-state index >= 15 is 0 Å². The van der Waals surface area contributed by atoms with Crippen LogP contribution in [-0.2, 0) is 9.53 Å². The number of ether oxygens (including phenoxy) is 1. The molecule has 0 unspecified atom stereocenters. The molecule has 0 aliphatic carbocycles. The molecule has 3 rings (SSSR count). The Labute approximate surface area is 162 Å². The number of benzene rings is 2. The van der Waals surface area contributed by atoms with E-state index in [1.54, 1.807) is 30.3 Å². The van der Waals surface area contributed by atoms with Crippen molar-refractivity contribution in [1.29, 1.82) is 0 Å². The fourth-order valence-electron chi connectivity index (χ4n) is 2.21. The molecule has 0 amide bonds. The van der Waals surface area contributed by atoms with Crippen molar-refractivity contribution in [1.82, 2.24) is 0 Å². The van der Waals surface area contributed by atoms with Crippen LogP contribution in [0.1, 0.15) is 11.1 Å². The molecule has 1 heterocycles. The Kier molecular flexibility index (Phi) is 4.85. The summed E-state index contributed by atoms with van der Waals surface area (Å²) >= 11 is 9.80. The number of rotatable bonds is 2. The third kappa shape index (κ3) is 3.43. The van der Waals surface area contributed by atoms with Crippen molar-refractivity contribution < 1.29 is 19.7 Å². The zero-order valence-electron chi connectivity index (χ0n) is 11.9. The average Bonchev–Trinajstić information content (AvgIpc) is 2.88. The van der Waals surface area contributed by atoms with Crippen molar-refractivity contribution >= 4 is 65.4 Å². The van der Waals surface area contributed by atoms with E-state index in [-0.39, 0.29) is 11.5 Å². The van der Waals surface area contributed by atoms with E-state index < -0.39 is 5.97 Å². The molecule has 7 heteroatoms. The maximum atomic E-state index is 11.7. The second kappa shape index (κ2) is 6.74. The predicted molar refractivity (Wildman–Crippen MR) is 101 cm³/mol. The number of aromatic hydroxyl groups is 2. The lowest BCUT2D eigenvalue weighted by Crippen LogP contribution is -1.92. The summed E-state index contributed by atoms with van der Waals surface area (Å²) in [4.78, 5) is 11.7. The monoisotopic (exact) mass is 514 g/mol. The second-order valence-electron chi connectivity index (χ2n) is 4.99. The molecule has 2 N–H and O–H groups in total. The summed E-state index contributed by atoms with van der Waals surface area (Å²) in [5.74, 6) is 0.139. The molecule has 122 valence electrons. The Hall–Kier alpha value is -1.57. The lowest BCUT2D eigenvalue weighted by Gasteiger charge is -2.08. The lowest BCUT2D eigenvalue weighted by atomic mass is 10.0. The van der Waals surface area contributed by atoms with Gasteiger partial charge in [0, 0.05) is 11.6 Å². The van der Waals surface area contributed by atoms with Crippen molar-refractivity contribution in [2.24, 2.45) is 0 Å². The van der Waals surface area contributed by atoms with E-state index in [4.69, 9.17) is 4.74 Å². The minimum absolute atomic E-state index is 0.0961. The van der Waals surface area contributed by atoms with Gasteiger partial charge < -0.3 is 14.9 Å². The van der Waals surface area contributed by atoms with Crippen molar-refractivity contribution in [2.75, 3.05) is 0 Å². The van der Waals surface area contributed by atoms with Gasteiger partial charge in [0.15, 0.2) is 0 Å². The quantitative estimate of drug-likeness (QED) is 0.527. The fraction of sp³-hybridized carbons (Fsp3) is 0. The first-order chi connectivity index (χ1) is 11.3. The molecule has 1 aliphatic heterocycles. The van der Waals surface area contributed by atoms with Crippen LogP contribution >= 0.6 is 47.8 Å². The largest absolute Gasteiger partial charge is 0.507 e. The van der Waals surface area contributed by atoms with Gasteiger partial charge in [0.25, 0.3) is 0 Å². The Bertz CT molecular complexity index is 893. The van der Waals surface area contributed by atoms with Crippen LogP contribution in [0.3, 0.4) is 0 Å². The normalized spacial score (nSPS) is 15.5. The van der Waals surface area contributed by atoms with Crippen LogP contribution in [0.5, 0.6) is 11.5 Å². The summed E-state index contributed by atoms with van der Waals surface area (Å²) in [5.41, 5.74) is 2.08. The number of carbonyl (C=O) groups is 1. The van der Waals surface area contributed by atoms with E-state index in [9.17, 15) is 15.0 Å². The first-order valence-electron chi connectivity index (χ1n) is 6.67. The molecular weight excluding hydrogens is 508 g/mol. The molecule has 0 radical (unpaired) electrons. The molecule has 0 saturated carbocycles. The number of hydrogen-bond acceptors (Lipinski definition) is 4. The summed E-state index contributed by atoms with van der Waals surface area (Å²) in [6.07, 6.45) is 3.10. The van der Waals surface area contributed by atoms with Crippen molar-refractivity contribution in [2.45, 2.75) is 0 Å². The Balaban J connectivity index is 2.05. The molecule has 0 saturated heterocycles. The Morgan fingerprint density at radius 2 is 1.62 bits per heavy atom. The highest BCUT2D eigenvalue weighted by Crippen LogP contribution is 2.37. The predicted octanol–water partition coefficient (Wildman–Crippen LogP) is 5.37. The standard InChI is InChI=1S/C17H9Br3O4/c18-11-6-9(1-2-14(11)21)10-7-16(22)24-15(10)5-8-3-12(19)17(23)13(20)4-8/h1-7,21,23H. The molecular formula is C17H9Br3O4. The maximum Gasteiger partial charge on any atom is 0.336 e. The molecule has 0 bridgehead atoms. The molecule has 0 spiro atoms. The van der Waals surface area contributed by atoms with Gasteiger partial charge in [-0.2, -0.15) is 0 Å². The Morgan fingerprint density at radius 1 is 0.958 bits per heavy atom. The zero-order valence-corrected chi connectivity index (χ0v) is 16.6. The molecule has 4 nitrogen and oxygen atoms in total. The third-order valence-corrected chi connectivity index (χ3v) is 5.18. The van der Waals surface area contributed by atoms with Gasteiger partial charge in [0.05, 0.1) is 13.4 Å². The van der Waals surface area contributed by atoms with Crippen molar-refractivity contribution in [3.63, 3.8) is 0 Å². The third-order valence-electron chi connectivity index (χ3n) is 3.33. The van der Waals surface area contributed by atoms with Gasteiger partial charge in [-0.05, 0) is 89.3 Å². The molecule has 0 fully saturated rings. The second-order valence-corrected chi connectivity index (χ2v) is 7.55. The van der Waals surface area contributed by atoms with Crippen LogP contribution < -0.4 is 0 Å². The van der Waals surface area contributed by atoms with Gasteiger partial charge in [0.1, 0.15) is 17.3 Å². The topological polar surface area (TPSA) is 66.8 Å². The van der Waals surface area contributed by atoms with E-state index in [0.29, 0.717) is 24.8 Å². The van der Waals surface area contributed by atoms with Gasteiger partial charge >= 0.3 is 5.97 Å². The molecule has 2 aromatic rings. The fourth-order valence-corrected chi connectivity index (χ4v) is 3.81. The first kappa shape index (κ1) is 17.3. The number of phenols is 2. The van der Waals surface area contributed by atoms with Gasteiger partial charge in [-0.3, -0.25) is 0 Å². The van der Waals surface area contributed by atoms with E-state index in [2.05, 4.69) is 47.8 Å². The van der Waals surface area contributed by atoms with Crippen LogP contribution in [0.4, 0.5) is 0 Å². The van der Waals surface area contributed by atoms with Crippen LogP contribution in [0.25, 0.3) is 11.6 Å². The number of halogens is 3. The number of hydrogen-bond donors (Lipinski definition) is 2. The van der Waals surface area contributed by atoms with E-state index in [1.807, 2.05) is 0 Å². The minimum atomic E-state index is -0.461. The minimum Gasteiger partial charge on any atom is -0.507 e. The number of phenolic OH excluding ortho intramolecular Hbond substituents is 2. The van der Waals surface area contributed by atoms with Crippen LogP contribution in [0, 0.1) is 0 Å². The van der Waals surface area contributed by atoms with Crippen LogP contribution in [-0.4, -0.2) is 16.2 Å². The highest BCUT2D eigenvalue weighted by Gasteiger charge is 2.22. The Morgan fingerprint density at radius 3 is 2.25 bits per heavy atom. The molecule has 24 heavy (non-hydrogen) atoms. The van der Waals surface area contributed by atoms with Gasteiger partial charge in [-0.1, -0.05) is 6.07 Å².